The highest BCUT2D eigenvalue weighted by Gasteiger charge is 2.26. The van der Waals surface area contributed by atoms with Crippen molar-refractivity contribution >= 4 is 17.2 Å². The minimum absolute atomic E-state index is 0.691. The van der Waals surface area contributed by atoms with Gasteiger partial charge in [0, 0.05) is 12.1 Å². The maximum atomic E-state index is 6.02. The van der Waals surface area contributed by atoms with Gasteiger partial charge in [0.25, 0.3) is 0 Å². The Balaban J connectivity index is 2.26. The van der Waals surface area contributed by atoms with Gasteiger partial charge >= 0.3 is 0 Å². The van der Waals surface area contributed by atoms with Crippen molar-refractivity contribution in [2.24, 2.45) is 0 Å². The van der Waals surface area contributed by atoms with Crippen LogP contribution < -0.4 is 0 Å². The molecule has 0 radical (unpaired) electrons. The predicted molar refractivity (Wildman–Crippen MR) is 52.2 cm³/mol. The van der Waals surface area contributed by atoms with Gasteiger partial charge < -0.3 is 0 Å². The summed E-state index contributed by atoms with van der Waals surface area (Å²) in [7, 11) is 0. The third-order valence-corrected chi connectivity index (χ3v) is 2.76. The van der Waals surface area contributed by atoms with Crippen molar-refractivity contribution in [3.05, 3.63) is 35.2 Å². The van der Waals surface area contributed by atoms with Crippen molar-refractivity contribution in [1.29, 1.82) is 0 Å². The molecule has 2 nitrogen and oxygen atoms in total. The number of hydrogen-bond acceptors (Lipinski definition) is 1. The Morgan fingerprint density at radius 3 is 2.92 bits per heavy atom. The first-order chi connectivity index (χ1) is 6.34. The summed E-state index contributed by atoms with van der Waals surface area (Å²) in [6.07, 6.45) is 4.61. The quantitative estimate of drug-likeness (QED) is 0.636. The summed E-state index contributed by atoms with van der Waals surface area (Å²) in [6, 6.07) is 5.80. The van der Waals surface area contributed by atoms with Gasteiger partial charge in [-0.2, -0.15) is 0 Å². The zero-order valence-corrected chi connectivity index (χ0v) is 7.83. The summed E-state index contributed by atoms with van der Waals surface area (Å²) >= 11 is 6.02. The van der Waals surface area contributed by atoms with E-state index in [1.54, 1.807) is 0 Å². The fourth-order valence-electron chi connectivity index (χ4n) is 1.57. The molecule has 0 spiro atoms. The molecule has 13 heavy (non-hydrogen) atoms. The van der Waals surface area contributed by atoms with E-state index in [0.29, 0.717) is 5.92 Å². The molecule has 0 unspecified atom stereocenters. The molecule has 2 heterocycles. The Labute approximate surface area is 81.2 Å². The van der Waals surface area contributed by atoms with Crippen molar-refractivity contribution in [3.63, 3.8) is 0 Å². The second kappa shape index (κ2) is 2.48. The topological polar surface area (TPSA) is 17.3 Å². The van der Waals surface area contributed by atoms with E-state index in [9.17, 15) is 0 Å². The fourth-order valence-corrected chi connectivity index (χ4v) is 1.78. The zero-order chi connectivity index (χ0) is 8.84. The molecule has 1 saturated carbocycles. The number of aromatic nitrogens is 2. The van der Waals surface area contributed by atoms with E-state index >= 15 is 0 Å². The van der Waals surface area contributed by atoms with E-state index in [1.165, 1.54) is 18.5 Å². The van der Waals surface area contributed by atoms with Crippen molar-refractivity contribution in [2.45, 2.75) is 18.8 Å². The van der Waals surface area contributed by atoms with Crippen LogP contribution in [0.4, 0.5) is 0 Å². The van der Waals surface area contributed by atoms with E-state index in [2.05, 4.69) is 11.2 Å². The first-order valence-electron chi connectivity index (χ1n) is 4.48. The summed E-state index contributed by atoms with van der Waals surface area (Å²) in [4.78, 5) is 4.51. The normalized spacial score (nSPS) is 16.7. The molecule has 1 aliphatic carbocycles. The number of imidazole rings is 1. The summed E-state index contributed by atoms with van der Waals surface area (Å²) in [5.74, 6) is 0.691. The Hall–Kier alpha value is -1.02. The standard InChI is InChI=1S/C10H9ClN2/c11-9-2-1-3-10-12-8(6-13(9)10)7-4-5-7/h1-3,6-7H,4-5H2. The molecule has 3 rings (SSSR count). The molecule has 0 N–H and O–H groups in total. The second-order valence-electron chi connectivity index (χ2n) is 3.52. The molecule has 0 aromatic carbocycles. The summed E-state index contributed by atoms with van der Waals surface area (Å²) in [5, 5.41) is 0.733. The molecular formula is C10H9ClN2. The summed E-state index contributed by atoms with van der Waals surface area (Å²) in [5.41, 5.74) is 2.14. The van der Waals surface area contributed by atoms with Crippen LogP contribution in [0.1, 0.15) is 24.5 Å². The van der Waals surface area contributed by atoms with Crippen LogP contribution in [0.15, 0.2) is 24.4 Å². The zero-order valence-electron chi connectivity index (χ0n) is 7.07. The van der Waals surface area contributed by atoms with E-state index < -0.39 is 0 Å². The van der Waals surface area contributed by atoms with Crippen LogP contribution in [0.2, 0.25) is 5.15 Å². The largest absolute Gasteiger partial charge is 0.290 e. The molecule has 0 bridgehead atoms. The lowest BCUT2D eigenvalue weighted by atomic mass is 10.3. The Kier molecular flexibility index (Phi) is 1.41. The van der Waals surface area contributed by atoms with Gasteiger partial charge in [0.1, 0.15) is 10.8 Å². The van der Waals surface area contributed by atoms with Gasteiger partial charge in [0.15, 0.2) is 0 Å². The first-order valence-corrected chi connectivity index (χ1v) is 4.86. The lowest BCUT2D eigenvalue weighted by Crippen LogP contribution is -1.82. The Bertz CT molecular complexity index is 457. The van der Waals surface area contributed by atoms with Gasteiger partial charge in [0.05, 0.1) is 5.69 Å². The van der Waals surface area contributed by atoms with Gasteiger partial charge in [-0.1, -0.05) is 17.7 Å². The van der Waals surface area contributed by atoms with Crippen molar-refractivity contribution < 1.29 is 0 Å². The van der Waals surface area contributed by atoms with E-state index in [4.69, 9.17) is 11.6 Å². The molecule has 3 heteroatoms. The van der Waals surface area contributed by atoms with Crippen LogP contribution in [0.3, 0.4) is 0 Å². The van der Waals surface area contributed by atoms with Crippen LogP contribution in [0.5, 0.6) is 0 Å². The molecular weight excluding hydrogens is 184 g/mol. The van der Waals surface area contributed by atoms with E-state index in [-0.39, 0.29) is 0 Å². The monoisotopic (exact) mass is 192 g/mol. The SMILES string of the molecule is Clc1cccc2nc(C3CC3)cn12. The lowest BCUT2D eigenvalue weighted by Gasteiger charge is -1.93. The molecule has 66 valence electrons. The van der Waals surface area contributed by atoms with Crippen molar-refractivity contribution in [1.82, 2.24) is 9.38 Å². The lowest BCUT2D eigenvalue weighted by molar-refractivity contribution is 1.06. The van der Waals surface area contributed by atoms with Gasteiger partial charge in [0.2, 0.25) is 0 Å². The second-order valence-corrected chi connectivity index (χ2v) is 3.90. The van der Waals surface area contributed by atoms with E-state index in [0.717, 1.165) is 10.8 Å². The molecule has 1 aliphatic rings. The third-order valence-electron chi connectivity index (χ3n) is 2.46. The Morgan fingerprint density at radius 1 is 1.38 bits per heavy atom. The molecule has 2 aromatic rings. The predicted octanol–water partition coefficient (Wildman–Crippen LogP) is 2.87. The average Bonchev–Trinajstić information content (AvgIpc) is 2.87. The molecule has 2 aromatic heterocycles. The summed E-state index contributed by atoms with van der Waals surface area (Å²) in [6.45, 7) is 0. The van der Waals surface area contributed by atoms with Crippen LogP contribution >= 0.6 is 11.6 Å². The number of halogens is 1. The van der Waals surface area contributed by atoms with Crippen molar-refractivity contribution in [3.8, 4) is 0 Å². The molecule has 0 atom stereocenters. The first kappa shape index (κ1) is 7.39. The highest BCUT2D eigenvalue weighted by atomic mass is 35.5. The van der Waals surface area contributed by atoms with Crippen LogP contribution in [-0.2, 0) is 0 Å². The van der Waals surface area contributed by atoms with Crippen LogP contribution in [-0.4, -0.2) is 9.38 Å². The fraction of sp³-hybridized carbons (Fsp3) is 0.300. The minimum atomic E-state index is 0.691. The minimum Gasteiger partial charge on any atom is -0.290 e. The number of nitrogens with zero attached hydrogens (tertiary/aromatic N) is 2. The van der Waals surface area contributed by atoms with Crippen molar-refractivity contribution in [2.75, 3.05) is 0 Å². The molecule has 0 amide bonds. The third kappa shape index (κ3) is 1.13. The van der Waals surface area contributed by atoms with Gasteiger partial charge in [-0.15, -0.1) is 0 Å². The number of pyridine rings is 1. The number of fused-ring (bicyclic) bond motifs is 1. The average molecular weight is 193 g/mol. The van der Waals surface area contributed by atoms with Crippen LogP contribution in [0.25, 0.3) is 5.65 Å². The highest BCUT2D eigenvalue weighted by Crippen LogP contribution is 2.39. The van der Waals surface area contributed by atoms with Gasteiger partial charge in [-0.05, 0) is 25.0 Å². The summed E-state index contributed by atoms with van der Waals surface area (Å²) < 4.78 is 1.94. The van der Waals surface area contributed by atoms with E-state index in [1.807, 2.05) is 22.6 Å². The maximum Gasteiger partial charge on any atom is 0.138 e. The smallest absolute Gasteiger partial charge is 0.138 e. The van der Waals surface area contributed by atoms with Crippen LogP contribution in [0, 0.1) is 0 Å². The van der Waals surface area contributed by atoms with Gasteiger partial charge in [-0.3, -0.25) is 4.40 Å². The molecule has 0 aliphatic heterocycles. The van der Waals surface area contributed by atoms with Gasteiger partial charge in [-0.25, -0.2) is 4.98 Å². The molecule has 0 saturated heterocycles. The Morgan fingerprint density at radius 2 is 2.23 bits per heavy atom. The molecule has 1 fully saturated rings. The number of rotatable bonds is 1. The number of hydrogen-bond donors (Lipinski definition) is 0. The maximum absolute atomic E-state index is 6.02. The highest BCUT2D eigenvalue weighted by molar-refractivity contribution is 6.29.